The van der Waals surface area contributed by atoms with Crippen molar-refractivity contribution in [1.29, 1.82) is 0 Å². The van der Waals surface area contributed by atoms with E-state index < -0.39 is 0 Å². The third-order valence-electron chi connectivity index (χ3n) is 7.41. The highest BCUT2D eigenvalue weighted by Crippen LogP contribution is 2.56. The molecule has 0 saturated heterocycles. The van der Waals surface area contributed by atoms with Crippen LogP contribution in [0.1, 0.15) is 37.5 Å². The van der Waals surface area contributed by atoms with E-state index in [4.69, 9.17) is 4.74 Å². The molecular formula is C30H33N2O2+. The second kappa shape index (κ2) is 8.75. The van der Waals surface area contributed by atoms with Crippen LogP contribution in [0.15, 0.2) is 78.9 Å². The predicted octanol–water partition coefficient (Wildman–Crippen LogP) is 5.30. The van der Waals surface area contributed by atoms with Crippen LogP contribution in [-0.4, -0.2) is 41.5 Å². The van der Waals surface area contributed by atoms with Gasteiger partial charge in [0.05, 0.1) is 19.6 Å². The van der Waals surface area contributed by atoms with Crippen LogP contribution in [0.25, 0.3) is 11.1 Å². The summed E-state index contributed by atoms with van der Waals surface area (Å²) in [5, 5.41) is 0. The normalized spacial score (nSPS) is 18.6. The summed E-state index contributed by atoms with van der Waals surface area (Å²) in [6.07, 6.45) is 2.27. The summed E-state index contributed by atoms with van der Waals surface area (Å²) in [4.78, 5) is 14.9. The fraction of sp³-hybridized carbons (Fsp3) is 0.333. The number of hydrogen-bond acceptors (Lipinski definition) is 3. The summed E-state index contributed by atoms with van der Waals surface area (Å²) in [6, 6.07) is 28.4. The Balaban J connectivity index is 1.72. The van der Waals surface area contributed by atoms with Gasteiger partial charge in [-0.25, -0.2) is 4.90 Å². The van der Waals surface area contributed by atoms with Gasteiger partial charge in [0.15, 0.2) is 5.54 Å². The van der Waals surface area contributed by atoms with Crippen LogP contribution in [0.4, 0.5) is 0 Å². The molecule has 1 aliphatic carbocycles. The number of nitrogens with zero attached hydrogens (tertiary/aromatic N) is 2. The third kappa shape index (κ3) is 3.35. The Bertz CT molecular complexity index is 1190. The smallest absolute Gasteiger partial charge is 0.312 e. The highest BCUT2D eigenvalue weighted by atomic mass is 16.5. The van der Waals surface area contributed by atoms with Gasteiger partial charge < -0.3 is 4.74 Å². The minimum atomic E-state index is -0.377. The summed E-state index contributed by atoms with van der Waals surface area (Å²) in [5.41, 5.74) is 6.11. The third-order valence-corrected chi connectivity index (χ3v) is 7.41. The van der Waals surface area contributed by atoms with E-state index in [1.165, 1.54) is 34.9 Å². The van der Waals surface area contributed by atoms with Crippen molar-refractivity contribution in [2.24, 2.45) is 11.8 Å². The maximum atomic E-state index is 12.5. The number of methoxy groups -OCH3 is 1. The molecular weight excluding hydrogens is 420 g/mol. The Morgan fingerprint density at radius 2 is 1.47 bits per heavy atom. The molecule has 5 rings (SSSR count). The summed E-state index contributed by atoms with van der Waals surface area (Å²) in [7, 11) is 1.47. The number of hydrogen-bond donors (Lipinski definition) is 0. The Hall–Kier alpha value is -3.40. The zero-order chi connectivity index (χ0) is 23.9. The van der Waals surface area contributed by atoms with Gasteiger partial charge >= 0.3 is 5.97 Å². The first-order valence-electron chi connectivity index (χ1n) is 12.2. The van der Waals surface area contributed by atoms with Gasteiger partial charge in [0.1, 0.15) is 12.6 Å². The lowest BCUT2D eigenvalue weighted by Crippen LogP contribution is -2.53. The van der Waals surface area contributed by atoms with E-state index in [0.717, 1.165) is 6.54 Å². The van der Waals surface area contributed by atoms with Crippen molar-refractivity contribution in [3.05, 3.63) is 95.6 Å². The van der Waals surface area contributed by atoms with Gasteiger partial charge in [-0.05, 0) is 29.5 Å². The lowest BCUT2D eigenvalue weighted by atomic mass is 9.75. The van der Waals surface area contributed by atoms with Crippen molar-refractivity contribution < 1.29 is 14.1 Å². The van der Waals surface area contributed by atoms with Crippen LogP contribution < -0.4 is 0 Å². The Labute approximate surface area is 202 Å². The van der Waals surface area contributed by atoms with Crippen molar-refractivity contribution in [3.63, 3.8) is 0 Å². The highest BCUT2D eigenvalue weighted by molar-refractivity contribution is 5.83. The first-order chi connectivity index (χ1) is 16.5. The molecule has 1 aliphatic heterocycles. The van der Waals surface area contributed by atoms with E-state index in [1.807, 2.05) is 6.92 Å². The lowest BCUT2D eigenvalue weighted by molar-refractivity contribution is -0.583. The molecule has 174 valence electrons. The van der Waals surface area contributed by atoms with Crippen LogP contribution >= 0.6 is 0 Å². The molecule has 1 spiro atoms. The van der Waals surface area contributed by atoms with Crippen molar-refractivity contribution in [2.75, 3.05) is 13.7 Å². The number of benzene rings is 3. The fourth-order valence-corrected chi connectivity index (χ4v) is 6.19. The molecule has 0 N–H and O–H groups in total. The van der Waals surface area contributed by atoms with E-state index >= 15 is 0 Å². The average Bonchev–Trinajstić information content (AvgIpc) is 3.33. The first kappa shape index (κ1) is 22.4. The molecule has 2 aliphatic rings. The molecule has 0 amide bonds. The lowest BCUT2D eigenvalue weighted by Gasteiger charge is -2.38. The summed E-state index contributed by atoms with van der Waals surface area (Å²) in [5.74, 6) is -0.0501. The average molecular weight is 454 g/mol. The van der Waals surface area contributed by atoms with E-state index in [2.05, 4.69) is 109 Å². The van der Waals surface area contributed by atoms with Crippen LogP contribution in [-0.2, 0) is 21.6 Å². The second-order valence-electron chi connectivity index (χ2n) is 9.90. The number of rotatable bonds is 6. The number of esters is 1. The van der Waals surface area contributed by atoms with Crippen molar-refractivity contribution in [1.82, 2.24) is 4.90 Å². The van der Waals surface area contributed by atoms with Gasteiger partial charge in [0.25, 0.3) is 0 Å². The molecule has 34 heavy (non-hydrogen) atoms. The van der Waals surface area contributed by atoms with Gasteiger partial charge in [-0.1, -0.05) is 92.7 Å². The fourth-order valence-electron chi connectivity index (χ4n) is 6.19. The molecule has 4 nitrogen and oxygen atoms in total. The van der Waals surface area contributed by atoms with Gasteiger partial charge in [0, 0.05) is 11.1 Å². The van der Waals surface area contributed by atoms with E-state index in [0.29, 0.717) is 12.5 Å². The Morgan fingerprint density at radius 1 is 0.912 bits per heavy atom. The molecule has 0 saturated carbocycles. The van der Waals surface area contributed by atoms with Crippen LogP contribution in [0.5, 0.6) is 0 Å². The number of carbonyl (C=O) groups is 1. The standard InChI is InChI=1S/C30H33N2O2/c1-21(2)28-30(26-16-10-8-14-24(26)25-15-9-11-17-27(25)30)32(18-22(3)29(33)34-4)20-31(28)19-23-12-6-5-7-13-23/h5-17,20-22,28H,18-19H2,1-4H3/q+1/t22-,28?/m1/s1. The first-order valence-corrected chi connectivity index (χ1v) is 12.2. The molecule has 1 unspecified atom stereocenters. The quantitative estimate of drug-likeness (QED) is 0.375. The maximum Gasteiger partial charge on any atom is 0.312 e. The SMILES string of the molecule is COC(=O)[C@H](C)CN1C=[N+](Cc2ccccc2)C(C(C)C)C12c1ccccc1-c1ccccc12. The van der Waals surface area contributed by atoms with E-state index in [1.54, 1.807) is 0 Å². The molecule has 4 heteroatoms. The summed E-state index contributed by atoms with van der Waals surface area (Å²) >= 11 is 0. The maximum absolute atomic E-state index is 12.5. The molecule has 0 bridgehead atoms. The summed E-state index contributed by atoms with van der Waals surface area (Å²) < 4.78 is 7.60. The number of ether oxygens (including phenoxy) is 1. The Kier molecular flexibility index (Phi) is 5.76. The predicted molar refractivity (Wildman–Crippen MR) is 136 cm³/mol. The van der Waals surface area contributed by atoms with E-state index in [9.17, 15) is 4.79 Å². The van der Waals surface area contributed by atoms with Crippen LogP contribution in [0.3, 0.4) is 0 Å². The Morgan fingerprint density at radius 3 is 2.03 bits per heavy atom. The highest BCUT2D eigenvalue weighted by Gasteiger charge is 2.63. The zero-order valence-electron chi connectivity index (χ0n) is 20.4. The largest absolute Gasteiger partial charge is 0.469 e. The van der Waals surface area contributed by atoms with Crippen LogP contribution in [0, 0.1) is 11.8 Å². The summed E-state index contributed by atoms with van der Waals surface area (Å²) in [6.45, 7) is 8.00. The van der Waals surface area contributed by atoms with Gasteiger partial charge in [-0.2, -0.15) is 0 Å². The van der Waals surface area contributed by atoms with Crippen LogP contribution in [0.2, 0.25) is 0 Å². The van der Waals surface area contributed by atoms with Crippen molar-refractivity contribution in [2.45, 2.75) is 38.9 Å². The minimum absolute atomic E-state index is 0.175. The zero-order valence-corrected chi connectivity index (χ0v) is 20.4. The van der Waals surface area contributed by atoms with Gasteiger partial charge in [0.2, 0.25) is 6.34 Å². The van der Waals surface area contributed by atoms with Crippen molar-refractivity contribution in [3.8, 4) is 11.1 Å². The topological polar surface area (TPSA) is 32.5 Å². The van der Waals surface area contributed by atoms with Crippen molar-refractivity contribution >= 4 is 12.3 Å². The number of carbonyl (C=O) groups excluding carboxylic acids is 1. The molecule has 3 aromatic rings. The van der Waals surface area contributed by atoms with Gasteiger partial charge in [-0.3, -0.25) is 9.37 Å². The molecule has 0 aromatic heterocycles. The van der Waals surface area contributed by atoms with E-state index in [-0.39, 0.29) is 23.5 Å². The molecule has 3 aromatic carbocycles. The molecule has 2 atom stereocenters. The molecule has 0 radical (unpaired) electrons. The van der Waals surface area contributed by atoms with Gasteiger partial charge in [-0.15, -0.1) is 0 Å². The second-order valence-corrected chi connectivity index (χ2v) is 9.90. The molecule has 1 heterocycles. The monoisotopic (exact) mass is 453 g/mol. The molecule has 0 fully saturated rings. The number of fused-ring (bicyclic) bond motifs is 5. The minimum Gasteiger partial charge on any atom is -0.469 e.